The Hall–Kier alpha value is -1.32. The van der Waals surface area contributed by atoms with Gasteiger partial charge in [-0.2, -0.15) is 0 Å². The van der Waals surface area contributed by atoms with Gasteiger partial charge >= 0.3 is 0 Å². The van der Waals surface area contributed by atoms with Gasteiger partial charge in [0.2, 0.25) is 0 Å². The van der Waals surface area contributed by atoms with Crippen LogP contribution in [0.5, 0.6) is 5.75 Å². The first kappa shape index (κ1) is 12.7. The van der Waals surface area contributed by atoms with Gasteiger partial charge in [0.15, 0.2) is 0 Å². The summed E-state index contributed by atoms with van der Waals surface area (Å²) in [5.74, 6) is 1.06. The van der Waals surface area contributed by atoms with Gasteiger partial charge in [0.05, 0.1) is 12.6 Å². The van der Waals surface area contributed by atoms with Crippen LogP contribution < -0.4 is 10.1 Å². The molecule has 0 radical (unpaired) electrons. The average molecular weight is 273 g/mol. The van der Waals surface area contributed by atoms with Gasteiger partial charge in [-0.3, -0.25) is 0 Å². The number of aryl methyl sites for hydroxylation is 1. The van der Waals surface area contributed by atoms with E-state index in [1.165, 1.54) is 21.6 Å². The van der Waals surface area contributed by atoms with Crippen molar-refractivity contribution in [2.45, 2.75) is 26.3 Å². The third kappa shape index (κ3) is 2.40. The number of benzene rings is 1. The third-order valence-electron chi connectivity index (χ3n) is 3.62. The van der Waals surface area contributed by atoms with Gasteiger partial charge in [-0.1, -0.05) is 19.1 Å². The van der Waals surface area contributed by atoms with Crippen molar-refractivity contribution in [2.24, 2.45) is 0 Å². The van der Waals surface area contributed by atoms with E-state index in [0.717, 1.165) is 25.3 Å². The summed E-state index contributed by atoms with van der Waals surface area (Å²) in [7, 11) is 0. The lowest BCUT2D eigenvalue weighted by Crippen LogP contribution is -2.21. The molecular formula is C16H19NOS. The fourth-order valence-electron chi connectivity index (χ4n) is 2.63. The zero-order valence-corrected chi connectivity index (χ0v) is 12.2. The fourth-order valence-corrected chi connectivity index (χ4v) is 3.66. The number of ether oxygens (including phenoxy) is 1. The minimum atomic E-state index is 0.302. The molecule has 1 aromatic carbocycles. The van der Waals surface area contributed by atoms with Crippen molar-refractivity contribution in [2.75, 3.05) is 13.2 Å². The molecule has 1 atom stereocenters. The number of thiophene rings is 1. The van der Waals surface area contributed by atoms with Gasteiger partial charge in [-0.25, -0.2) is 0 Å². The van der Waals surface area contributed by atoms with Crippen molar-refractivity contribution >= 4 is 11.3 Å². The Labute approximate surface area is 118 Å². The highest BCUT2D eigenvalue weighted by molar-refractivity contribution is 7.10. The molecule has 0 aliphatic carbocycles. The maximum Gasteiger partial charge on any atom is 0.122 e. The van der Waals surface area contributed by atoms with Gasteiger partial charge in [-0.15, -0.1) is 11.3 Å². The summed E-state index contributed by atoms with van der Waals surface area (Å²) in [5, 5.41) is 5.78. The topological polar surface area (TPSA) is 21.3 Å². The van der Waals surface area contributed by atoms with E-state index in [0.29, 0.717) is 6.04 Å². The third-order valence-corrected chi connectivity index (χ3v) is 4.70. The van der Waals surface area contributed by atoms with Crippen molar-refractivity contribution in [1.82, 2.24) is 5.32 Å². The van der Waals surface area contributed by atoms with Crippen LogP contribution in [0.3, 0.4) is 0 Å². The second-order valence-electron chi connectivity index (χ2n) is 4.92. The Morgan fingerprint density at radius 2 is 2.26 bits per heavy atom. The van der Waals surface area contributed by atoms with Crippen LogP contribution in [-0.4, -0.2) is 13.2 Å². The van der Waals surface area contributed by atoms with E-state index in [1.54, 1.807) is 0 Å². The van der Waals surface area contributed by atoms with Crippen molar-refractivity contribution in [3.63, 3.8) is 0 Å². The molecular weight excluding hydrogens is 254 g/mol. The molecule has 1 aliphatic rings. The molecule has 3 rings (SSSR count). The van der Waals surface area contributed by atoms with Crippen molar-refractivity contribution in [1.29, 1.82) is 0 Å². The SMILES string of the molecule is CCNC(c1ccc2c(c1)CCO2)c1sccc1C. The number of hydrogen-bond donors (Lipinski definition) is 1. The van der Waals surface area contributed by atoms with Gasteiger partial charge in [-0.05, 0) is 47.7 Å². The standard InChI is InChI=1S/C16H19NOS/c1-3-17-15(16-11(2)7-9-19-16)13-4-5-14-12(10-13)6-8-18-14/h4-5,7,9-10,15,17H,3,6,8H2,1-2H3. The van der Waals surface area contributed by atoms with E-state index < -0.39 is 0 Å². The van der Waals surface area contributed by atoms with Gasteiger partial charge < -0.3 is 10.1 Å². The molecule has 0 amide bonds. The predicted octanol–water partition coefficient (Wildman–Crippen LogP) is 3.69. The lowest BCUT2D eigenvalue weighted by atomic mass is 9.99. The summed E-state index contributed by atoms with van der Waals surface area (Å²) in [6, 6.07) is 9.10. The molecule has 1 N–H and O–H groups in total. The molecule has 2 aromatic rings. The second kappa shape index (κ2) is 5.35. The molecule has 3 heteroatoms. The zero-order chi connectivity index (χ0) is 13.2. The summed E-state index contributed by atoms with van der Waals surface area (Å²) in [6.07, 6.45) is 1.03. The Morgan fingerprint density at radius 1 is 1.37 bits per heavy atom. The molecule has 0 saturated carbocycles. The van der Waals surface area contributed by atoms with Crippen LogP contribution in [0.4, 0.5) is 0 Å². The molecule has 100 valence electrons. The summed E-state index contributed by atoms with van der Waals surface area (Å²) < 4.78 is 5.59. The molecule has 19 heavy (non-hydrogen) atoms. The van der Waals surface area contributed by atoms with Crippen LogP contribution in [0, 0.1) is 6.92 Å². The first-order valence-corrected chi connectivity index (χ1v) is 7.70. The average Bonchev–Trinajstić information content (AvgIpc) is 3.03. The highest BCUT2D eigenvalue weighted by Crippen LogP contribution is 2.33. The van der Waals surface area contributed by atoms with Crippen LogP contribution in [0.25, 0.3) is 0 Å². The van der Waals surface area contributed by atoms with Crippen molar-refractivity contribution in [3.8, 4) is 5.75 Å². The largest absolute Gasteiger partial charge is 0.493 e. The van der Waals surface area contributed by atoms with Gasteiger partial charge in [0.1, 0.15) is 5.75 Å². The highest BCUT2D eigenvalue weighted by Gasteiger charge is 2.19. The second-order valence-corrected chi connectivity index (χ2v) is 5.87. The van der Waals surface area contributed by atoms with Crippen LogP contribution >= 0.6 is 11.3 Å². The zero-order valence-electron chi connectivity index (χ0n) is 11.4. The minimum absolute atomic E-state index is 0.302. The number of hydrogen-bond acceptors (Lipinski definition) is 3. The van der Waals surface area contributed by atoms with E-state index in [-0.39, 0.29) is 0 Å². The lowest BCUT2D eigenvalue weighted by Gasteiger charge is -2.19. The van der Waals surface area contributed by atoms with Crippen molar-refractivity contribution in [3.05, 3.63) is 51.2 Å². The van der Waals surface area contributed by atoms with E-state index >= 15 is 0 Å². The highest BCUT2D eigenvalue weighted by atomic mass is 32.1. The van der Waals surface area contributed by atoms with E-state index in [4.69, 9.17) is 4.74 Å². The maximum atomic E-state index is 5.59. The molecule has 1 aromatic heterocycles. The Kier molecular flexibility index (Phi) is 3.58. The van der Waals surface area contributed by atoms with Gasteiger partial charge in [0.25, 0.3) is 0 Å². The van der Waals surface area contributed by atoms with Gasteiger partial charge in [0, 0.05) is 11.3 Å². The summed E-state index contributed by atoms with van der Waals surface area (Å²) in [5.41, 5.74) is 4.05. The first-order chi connectivity index (χ1) is 9.29. The van der Waals surface area contributed by atoms with Crippen molar-refractivity contribution < 1.29 is 4.74 Å². The molecule has 0 bridgehead atoms. The Morgan fingerprint density at radius 3 is 3.00 bits per heavy atom. The molecule has 0 saturated heterocycles. The van der Waals surface area contributed by atoms with Crippen LogP contribution in [0.15, 0.2) is 29.6 Å². The Balaban J connectivity index is 1.98. The number of rotatable bonds is 4. The number of fused-ring (bicyclic) bond motifs is 1. The monoisotopic (exact) mass is 273 g/mol. The predicted molar refractivity (Wildman–Crippen MR) is 80.2 cm³/mol. The molecule has 2 nitrogen and oxygen atoms in total. The van der Waals surface area contributed by atoms with Crippen LogP contribution in [0.2, 0.25) is 0 Å². The minimum Gasteiger partial charge on any atom is -0.493 e. The molecule has 2 heterocycles. The first-order valence-electron chi connectivity index (χ1n) is 6.82. The number of nitrogens with one attached hydrogen (secondary N) is 1. The van der Waals surface area contributed by atoms with E-state index in [2.05, 4.69) is 48.8 Å². The fraction of sp³-hybridized carbons (Fsp3) is 0.375. The van der Waals surface area contributed by atoms with Crippen LogP contribution in [-0.2, 0) is 6.42 Å². The smallest absolute Gasteiger partial charge is 0.122 e. The summed E-state index contributed by atoms with van der Waals surface area (Å²) in [6.45, 7) is 6.14. The molecule has 0 spiro atoms. The summed E-state index contributed by atoms with van der Waals surface area (Å²) >= 11 is 1.83. The maximum absolute atomic E-state index is 5.59. The quantitative estimate of drug-likeness (QED) is 0.917. The van der Waals surface area contributed by atoms with E-state index in [9.17, 15) is 0 Å². The Bertz CT molecular complexity index is 576. The molecule has 1 aliphatic heterocycles. The lowest BCUT2D eigenvalue weighted by molar-refractivity contribution is 0.357. The molecule has 1 unspecified atom stereocenters. The van der Waals surface area contributed by atoms with Crippen LogP contribution in [0.1, 0.15) is 34.5 Å². The summed E-state index contributed by atoms with van der Waals surface area (Å²) in [4.78, 5) is 1.42. The van der Waals surface area contributed by atoms with E-state index in [1.807, 2.05) is 11.3 Å². The molecule has 0 fully saturated rings. The normalized spacial score (nSPS) is 15.1.